The van der Waals surface area contributed by atoms with Crippen LogP contribution in [0.3, 0.4) is 0 Å². The van der Waals surface area contributed by atoms with Crippen LogP contribution in [0.15, 0.2) is 78.9 Å². The second kappa shape index (κ2) is 11.0. The van der Waals surface area contributed by atoms with Crippen LogP contribution in [0.1, 0.15) is 15.9 Å². The lowest BCUT2D eigenvalue weighted by molar-refractivity contribution is 0.0950. The molecule has 178 valence electrons. The highest BCUT2D eigenvalue weighted by Gasteiger charge is 2.11. The summed E-state index contributed by atoms with van der Waals surface area (Å²) in [5, 5.41) is 11.3. The number of amides is 1. The van der Waals surface area contributed by atoms with Crippen LogP contribution in [0.2, 0.25) is 0 Å². The lowest BCUT2D eigenvalue weighted by Crippen LogP contribution is -2.23. The molecular formula is C27H25N3O5. The van der Waals surface area contributed by atoms with Gasteiger partial charge in [-0.05, 0) is 48.5 Å². The van der Waals surface area contributed by atoms with Gasteiger partial charge in [-0.2, -0.15) is 0 Å². The standard InChI is InChI=1S/C27H25N3O5/c1-32-21-12-14-23(33-2)20(16-21)17-28-27(31)19-10-8-18(9-11-19)22-13-15-26(30-29-22)35-25-7-5-4-6-24(25)34-3/h4-16H,17H2,1-3H3,(H,28,31). The maximum Gasteiger partial charge on any atom is 0.251 e. The number of rotatable bonds is 9. The first-order valence-corrected chi connectivity index (χ1v) is 10.9. The van der Waals surface area contributed by atoms with Crippen molar-refractivity contribution in [3.8, 4) is 40.1 Å². The number of nitrogens with one attached hydrogen (secondary N) is 1. The molecule has 4 rings (SSSR count). The zero-order valence-corrected chi connectivity index (χ0v) is 19.6. The Labute approximate surface area is 203 Å². The van der Waals surface area contributed by atoms with E-state index in [9.17, 15) is 4.79 Å². The Morgan fingerprint density at radius 1 is 0.771 bits per heavy atom. The number of aromatic nitrogens is 2. The summed E-state index contributed by atoms with van der Waals surface area (Å²) in [7, 11) is 4.76. The Morgan fingerprint density at radius 3 is 2.17 bits per heavy atom. The highest BCUT2D eigenvalue weighted by atomic mass is 16.5. The predicted octanol–water partition coefficient (Wildman–Crippen LogP) is 4.89. The highest BCUT2D eigenvalue weighted by Crippen LogP contribution is 2.30. The zero-order valence-electron chi connectivity index (χ0n) is 19.6. The molecule has 0 radical (unpaired) electrons. The number of carbonyl (C=O) groups is 1. The van der Waals surface area contributed by atoms with Gasteiger partial charge >= 0.3 is 0 Å². The van der Waals surface area contributed by atoms with Gasteiger partial charge in [0.15, 0.2) is 11.5 Å². The van der Waals surface area contributed by atoms with Crippen molar-refractivity contribution in [2.75, 3.05) is 21.3 Å². The molecule has 8 nitrogen and oxygen atoms in total. The molecule has 0 saturated heterocycles. The molecule has 1 aromatic heterocycles. The van der Waals surface area contributed by atoms with Crippen molar-refractivity contribution in [2.45, 2.75) is 6.54 Å². The summed E-state index contributed by atoms with van der Waals surface area (Å²) in [6.07, 6.45) is 0. The first-order chi connectivity index (χ1) is 17.1. The molecular weight excluding hydrogens is 446 g/mol. The fourth-order valence-electron chi connectivity index (χ4n) is 3.43. The van der Waals surface area contributed by atoms with E-state index < -0.39 is 0 Å². The highest BCUT2D eigenvalue weighted by molar-refractivity contribution is 5.94. The molecule has 1 amide bonds. The Hall–Kier alpha value is -4.59. The Balaban J connectivity index is 1.40. The SMILES string of the molecule is COc1ccc(OC)c(CNC(=O)c2ccc(-c3ccc(Oc4ccccc4OC)nn3)cc2)c1. The molecule has 4 aromatic rings. The summed E-state index contributed by atoms with van der Waals surface area (Å²) in [5.41, 5.74) is 2.83. The van der Waals surface area contributed by atoms with E-state index in [1.807, 2.05) is 54.6 Å². The van der Waals surface area contributed by atoms with E-state index >= 15 is 0 Å². The van der Waals surface area contributed by atoms with Crippen LogP contribution in [0.25, 0.3) is 11.3 Å². The molecule has 35 heavy (non-hydrogen) atoms. The first kappa shape index (κ1) is 23.6. The molecule has 1 heterocycles. The number of carbonyl (C=O) groups excluding carboxylic acids is 1. The van der Waals surface area contributed by atoms with Crippen molar-refractivity contribution >= 4 is 5.91 Å². The molecule has 0 fully saturated rings. The van der Waals surface area contributed by atoms with Crippen LogP contribution in [-0.2, 0) is 6.54 Å². The van der Waals surface area contributed by atoms with Crippen LogP contribution in [0, 0.1) is 0 Å². The molecule has 0 bridgehead atoms. The van der Waals surface area contributed by atoms with Gasteiger partial charge in [0.25, 0.3) is 5.91 Å². The number of methoxy groups -OCH3 is 3. The molecule has 0 aliphatic carbocycles. The van der Waals surface area contributed by atoms with Crippen molar-refractivity contribution in [3.63, 3.8) is 0 Å². The van der Waals surface area contributed by atoms with Gasteiger partial charge in [-0.1, -0.05) is 24.3 Å². The van der Waals surface area contributed by atoms with E-state index in [1.54, 1.807) is 45.6 Å². The second-order valence-electron chi connectivity index (χ2n) is 7.45. The van der Waals surface area contributed by atoms with Gasteiger partial charge in [-0.3, -0.25) is 4.79 Å². The fraction of sp³-hybridized carbons (Fsp3) is 0.148. The fourth-order valence-corrected chi connectivity index (χ4v) is 3.43. The maximum absolute atomic E-state index is 12.7. The molecule has 0 aliphatic rings. The van der Waals surface area contributed by atoms with Crippen molar-refractivity contribution in [2.24, 2.45) is 0 Å². The number of para-hydroxylation sites is 2. The number of hydrogen-bond acceptors (Lipinski definition) is 7. The second-order valence-corrected chi connectivity index (χ2v) is 7.45. The number of nitrogens with zero attached hydrogens (tertiary/aromatic N) is 2. The minimum absolute atomic E-state index is 0.201. The molecule has 1 N–H and O–H groups in total. The molecule has 0 atom stereocenters. The third kappa shape index (κ3) is 5.67. The summed E-state index contributed by atoms with van der Waals surface area (Å²) in [4.78, 5) is 12.7. The molecule has 3 aromatic carbocycles. The van der Waals surface area contributed by atoms with Crippen molar-refractivity contribution in [3.05, 3.63) is 90.0 Å². The molecule has 0 spiro atoms. The van der Waals surface area contributed by atoms with Crippen LogP contribution in [0.4, 0.5) is 0 Å². The van der Waals surface area contributed by atoms with Gasteiger partial charge < -0.3 is 24.3 Å². The molecule has 0 aliphatic heterocycles. The third-order valence-corrected chi connectivity index (χ3v) is 5.29. The lowest BCUT2D eigenvalue weighted by Gasteiger charge is -2.12. The lowest BCUT2D eigenvalue weighted by atomic mass is 10.1. The van der Waals surface area contributed by atoms with Gasteiger partial charge in [0.2, 0.25) is 5.88 Å². The van der Waals surface area contributed by atoms with Gasteiger partial charge in [0.1, 0.15) is 11.5 Å². The summed E-state index contributed by atoms with van der Waals surface area (Å²) in [6, 6.07) is 23.4. The van der Waals surface area contributed by atoms with E-state index in [0.29, 0.717) is 46.7 Å². The smallest absolute Gasteiger partial charge is 0.251 e. The summed E-state index contributed by atoms with van der Waals surface area (Å²) >= 11 is 0. The largest absolute Gasteiger partial charge is 0.497 e. The van der Waals surface area contributed by atoms with E-state index in [1.165, 1.54) is 0 Å². The van der Waals surface area contributed by atoms with Gasteiger partial charge in [0, 0.05) is 29.3 Å². The predicted molar refractivity (Wildman–Crippen MR) is 131 cm³/mol. The van der Waals surface area contributed by atoms with Crippen LogP contribution < -0.4 is 24.3 Å². The minimum Gasteiger partial charge on any atom is -0.497 e. The summed E-state index contributed by atoms with van der Waals surface area (Å²) in [5.74, 6) is 2.68. The number of hydrogen-bond donors (Lipinski definition) is 1. The zero-order chi connectivity index (χ0) is 24.6. The van der Waals surface area contributed by atoms with Crippen molar-refractivity contribution < 1.29 is 23.7 Å². The normalized spacial score (nSPS) is 10.4. The Bertz CT molecular complexity index is 1290. The molecule has 0 saturated carbocycles. The van der Waals surface area contributed by atoms with Crippen molar-refractivity contribution in [1.29, 1.82) is 0 Å². The Kier molecular flexibility index (Phi) is 7.42. The van der Waals surface area contributed by atoms with Crippen molar-refractivity contribution in [1.82, 2.24) is 15.5 Å². The third-order valence-electron chi connectivity index (χ3n) is 5.29. The van der Waals surface area contributed by atoms with E-state index in [2.05, 4.69) is 15.5 Å². The summed E-state index contributed by atoms with van der Waals surface area (Å²) < 4.78 is 21.7. The van der Waals surface area contributed by atoms with E-state index in [0.717, 1.165) is 11.1 Å². The maximum atomic E-state index is 12.7. The van der Waals surface area contributed by atoms with Gasteiger partial charge in [0.05, 0.1) is 27.0 Å². The number of ether oxygens (including phenoxy) is 4. The van der Waals surface area contributed by atoms with Crippen LogP contribution in [-0.4, -0.2) is 37.4 Å². The molecule has 0 unspecified atom stereocenters. The average molecular weight is 472 g/mol. The molecule has 8 heteroatoms. The number of benzene rings is 3. The monoisotopic (exact) mass is 471 g/mol. The van der Waals surface area contributed by atoms with E-state index in [-0.39, 0.29) is 5.91 Å². The Morgan fingerprint density at radius 2 is 1.51 bits per heavy atom. The van der Waals surface area contributed by atoms with Crippen LogP contribution in [0.5, 0.6) is 28.9 Å². The van der Waals surface area contributed by atoms with Gasteiger partial charge in [-0.25, -0.2) is 0 Å². The average Bonchev–Trinajstić information content (AvgIpc) is 2.92. The first-order valence-electron chi connectivity index (χ1n) is 10.9. The van der Waals surface area contributed by atoms with Gasteiger partial charge in [-0.15, -0.1) is 10.2 Å². The van der Waals surface area contributed by atoms with Crippen LogP contribution >= 0.6 is 0 Å². The minimum atomic E-state index is -0.201. The quantitative estimate of drug-likeness (QED) is 0.372. The van der Waals surface area contributed by atoms with E-state index in [4.69, 9.17) is 18.9 Å². The summed E-state index contributed by atoms with van der Waals surface area (Å²) in [6.45, 7) is 0.306. The topological polar surface area (TPSA) is 91.8 Å².